The topological polar surface area (TPSA) is 69.0 Å². The first-order valence-corrected chi connectivity index (χ1v) is 12.3. The standard InChI is InChI=1S/C27H28N4O2S/c1-4-19(2)20-14-16-21(17-15-20)28-25(32)18-34-27-30-29-26(23-12-8-9-13-24(23)33-3)31(27)22-10-6-5-7-11-22/h5-17,19H,4,18H2,1-3H3,(H,28,32). The SMILES string of the molecule is CCC(C)c1ccc(NC(=O)CSc2nnc(-c3ccccc3OC)n2-c2ccccc2)cc1. The van der Waals surface area contributed by atoms with E-state index in [0.717, 1.165) is 23.4 Å². The molecule has 0 saturated heterocycles. The van der Waals surface area contributed by atoms with Crippen LogP contribution in [0.4, 0.5) is 5.69 Å². The molecule has 1 unspecified atom stereocenters. The summed E-state index contributed by atoms with van der Waals surface area (Å²) in [6, 6.07) is 25.6. The first-order valence-electron chi connectivity index (χ1n) is 11.3. The molecule has 174 valence electrons. The van der Waals surface area contributed by atoms with Crippen LogP contribution in [-0.2, 0) is 4.79 Å². The lowest BCUT2D eigenvalue weighted by Crippen LogP contribution is -2.14. The maximum Gasteiger partial charge on any atom is 0.234 e. The van der Waals surface area contributed by atoms with E-state index < -0.39 is 0 Å². The van der Waals surface area contributed by atoms with Crippen LogP contribution in [0.15, 0.2) is 84.0 Å². The van der Waals surface area contributed by atoms with Crippen molar-refractivity contribution >= 4 is 23.4 Å². The number of methoxy groups -OCH3 is 1. The fraction of sp³-hybridized carbons (Fsp3) is 0.222. The van der Waals surface area contributed by atoms with Crippen molar-refractivity contribution in [3.05, 3.63) is 84.4 Å². The van der Waals surface area contributed by atoms with E-state index in [1.807, 2.05) is 71.3 Å². The highest BCUT2D eigenvalue weighted by atomic mass is 32.2. The number of anilines is 1. The van der Waals surface area contributed by atoms with E-state index in [4.69, 9.17) is 4.74 Å². The van der Waals surface area contributed by atoms with E-state index in [9.17, 15) is 4.79 Å². The minimum Gasteiger partial charge on any atom is -0.496 e. The van der Waals surface area contributed by atoms with Crippen LogP contribution < -0.4 is 10.1 Å². The highest BCUT2D eigenvalue weighted by Gasteiger charge is 2.19. The Morgan fingerprint density at radius 3 is 2.41 bits per heavy atom. The van der Waals surface area contributed by atoms with Crippen molar-refractivity contribution in [2.75, 3.05) is 18.2 Å². The van der Waals surface area contributed by atoms with Crippen molar-refractivity contribution in [1.29, 1.82) is 0 Å². The quantitative estimate of drug-likeness (QED) is 0.294. The Bertz CT molecular complexity index is 1240. The molecule has 0 fully saturated rings. The number of thioether (sulfide) groups is 1. The van der Waals surface area contributed by atoms with Crippen molar-refractivity contribution in [1.82, 2.24) is 14.8 Å². The zero-order valence-corrected chi connectivity index (χ0v) is 20.4. The highest BCUT2D eigenvalue weighted by Crippen LogP contribution is 2.33. The molecule has 0 spiro atoms. The number of carbonyl (C=O) groups is 1. The summed E-state index contributed by atoms with van der Waals surface area (Å²) in [7, 11) is 1.64. The molecule has 1 atom stereocenters. The summed E-state index contributed by atoms with van der Waals surface area (Å²) in [6.45, 7) is 4.37. The van der Waals surface area contributed by atoms with E-state index >= 15 is 0 Å². The number of hydrogen-bond donors (Lipinski definition) is 1. The maximum absolute atomic E-state index is 12.7. The van der Waals surface area contributed by atoms with Crippen LogP contribution in [0.5, 0.6) is 5.75 Å². The molecule has 0 aliphatic carbocycles. The van der Waals surface area contributed by atoms with Gasteiger partial charge in [-0.2, -0.15) is 0 Å². The number of benzene rings is 3. The second kappa shape index (κ2) is 11.0. The van der Waals surface area contributed by atoms with Gasteiger partial charge in [0.05, 0.1) is 18.4 Å². The van der Waals surface area contributed by atoms with E-state index in [-0.39, 0.29) is 11.7 Å². The van der Waals surface area contributed by atoms with Gasteiger partial charge in [0.15, 0.2) is 11.0 Å². The van der Waals surface area contributed by atoms with Crippen LogP contribution in [-0.4, -0.2) is 33.5 Å². The lowest BCUT2D eigenvalue weighted by atomic mass is 9.99. The van der Waals surface area contributed by atoms with E-state index in [1.54, 1.807) is 7.11 Å². The third-order valence-electron chi connectivity index (χ3n) is 5.70. The predicted molar refractivity (Wildman–Crippen MR) is 138 cm³/mol. The molecule has 7 heteroatoms. The molecule has 1 heterocycles. The summed E-state index contributed by atoms with van der Waals surface area (Å²) < 4.78 is 7.50. The maximum atomic E-state index is 12.7. The second-order valence-corrected chi connectivity index (χ2v) is 8.89. The largest absolute Gasteiger partial charge is 0.496 e. The Kier molecular flexibility index (Phi) is 7.65. The number of nitrogens with zero attached hydrogens (tertiary/aromatic N) is 3. The smallest absolute Gasteiger partial charge is 0.234 e. The van der Waals surface area contributed by atoms with Gasteiger partial charge in [0, 0.05) is 11.4 Å². The zero-order valence-electron chi connectivity index (χ0n) is 19.6. The van der Waals surface area contributed by atoms with Gasteiger partial charge in [-0.1, -0.05) is 68.1 Å². The van der Waals surface area contributed by atoms with Gasteiger partial charge in [-0.3, -0.25) is 9.36 Å². The van der Waals surface area contributed by atoms with Crippen LogP contribution in [0.25, 0.3) is 17.1 Å². The van der Waals surface area contributed by atoms with Crippen LogP contribution in [0.2, 0.25) is 0 Å². The third-order valence-corrected chi connectivity index (χ3v) is 6.63. The summed E-state index contributed by atoms with van der Waals surface area (Å²) in [4.78, 5) is 12.7. The number of rotatable bonds is 9. The Hall–Kier alpha value is -3.58. The number of carbonyl (C=O) groups excluding carboxylic acids is 1. The van der Waals surface area contributed by atoms with E-state index in [0.29, 0.717) is 22.6 Å². The zero-order chi connectivity index (χ0) is 23.9. The minimum absolute atomic E-state index is 0.0947. The van der Waals surface area contributed by atoms with Crippen molar-refractivity contribution < 1.29 is 9.53 Å². The second-order valence-electron chi connectivity index (χ2n) is 7.95. The van der Waals surface area contributed by atoms with Gasteiger partial charge in [-0.05, 0) is 54.3 Å². The third kappa shape index (κ3) is 5.31. The number of ether oxygens (including phenoxy) is 1. The van der Waals surface area contributed by atoms with Gasteiger partial charge in [-0.15, -0.1) is 10.2 Å². The van der Waals surface area contributed by atoms with Crippen molar-refractivity contribution in [3.8, 4) is 22.8 Å². The Balaban J connectivity index is 1.54. The Morgan fingerprint density at radius 2 is 1.71 bits per heavy atom. The lowest BCUT2D eigenvalue weighted by Gasteiger charge is -2.12. The number of amides is 1. The van der Waals surface area contributed by atoms with Crippen LogP contribution in [0.3, 0.4) is 0 Å². The molecule has 3 aromatic carbocycles. The van der Waals surface area contributed by atoms with E-state index in [1.165, 1.54) is 17.3 Å². The van der Waals surface area contributed by atoms with Gasteiger partial charge in [0.2, 0.25) is 5.91 Å². The Morgan fingerprint density at radius 1 is 1.00 bits per heavy atom. The summed E-state index contributed by atoms with van der Waals surface area (Å²) in [6.07, 6.45) is 1.08. The summed E-state index contributed by atoms with van der Waals surface area (Å²) in [5.41, 5.74) is 3.81. The summed E-state index contributed by atoms with van der Waals surface area (Å²) in [5.74, 6) is 1.99. The molecule has 1 amide bonds. The molecular formula is C27H28N4O2S. The molecule has 0 radical (unpaired) electrons. The molecule has 6 nitrogen and oxygen atoms in total. The number of nitrogens with one attached hydrogen (secondary N) is 1. The molecule has 0 saturated carbocycles. The van der Waals surface area contributed by atoms with Crippen molar-refractivity contribution in [2.45, 2.75) is 31.3 Å². The molecule has 4 rings (SSSR count). The average Bonchev–Trinajstić information content (AvgIpc) is 3.31. The fourth-order valence-corrected chi connectivity index (χ4v) is 4.39. The van der Waals surface area contributed by atoms with E-state index in [2.05, 4.69) is 41.5 Å². The monoisotopic (exact) mass is 472 g/mol. The molecule has 0 aliphatic rings. The van der Waals surface area contributed by atoms with Gasteiger partial charge in [0.1, 0.15) is 5.75 Å². The first kappa shape index (κ1) is 23.6. The average molecular weight is 473 g/mol. The minimum atomic E-state index is -0.0947. The highest BCUT2D eigenvalue weighted by molar-refractivity contribution is 7.99. The fourth-order valence-electron chi connectivity index (χ4n) is 3.63. The molecule has 0 aliphatic heterocycles. The number of para-hydroxylation sites is 2. The molecule has 1 N–H and O–H groups in total. The molecule has 0 bridgehead atoms. The van der Waals surface area contributed by atoms with Crippen LogP contribution in [0.1, 0.15) is 31.7 Å². The molecule has 4 aromatic rings. The normalized spacial score (nSPS) is 11.7. The molecule has 34 heavy (non-hydrogen) atoms. The summed E-state index contributed by atoms with van der Waals surface area (Å²) >= 11 is 1.35. The van der Waals surface area contributed by atoms with Crippen molar-refractivity contribution in [2.24, 2.45) is 0 Å². The van der Waals surface area contributed by atoms with Crippen LogP contribution >= 0.6 is 11.8 Å². The first-order chi connectivity index (χ1) is 16.6. The lowest BCUT2D eigenvalue weighted by molar-refractivity contribution is -0.113. The van der Waals surface area contributed by atoms with Gasteiger partial charge < -0.3 is 10.1 Å². The van der Waals surface area contributed by atoms with Gasteiger partial charge >= 0.3 is 0 Å². The number of aromatic nitrogens is 3. The predicted octanol–water partition coefficient (Wildman–Crippen LogP) is 6.19. The Labute approximate surface area is 204 Å². The summed E-state index contributed by atoms with van der Waals surface area (Å²) in [5, 5.41) is 12.5. The van der Waals surface area contributed by atoms with Crippen LogP contribution in [0, 0.1) is 0 Å². The molecular weight excluding hydrogens is 444 g/mol. The van der Waals surface area contributed by atoms with Crippen molar-refractivity contribution in [3.63, 3.8) is 0 Å². The van der Waals surface area contributed by atoms with Gasteiger partial charge in [-0.25, -0.2) is 0 Å². The van der Waals surface area contributed by atoms with Gasteiger partial charge in [0.25, 0.3) is 0 Å². The molecule has 1 aromatic heterocycles. The number of hydrogen-bond acceptors (Lipinski definition) is 5.